The third-order valence-corrected chi connectivity index (χ3v) is 5.28. The van der Waals surface area contributed by atoms with E-state index >= 15 is 0 Å². The van der Waals surface area contributed by atoms with Gasteiger partial charge in [0.25, 0.3) is 5.91 Å². The zero-order valence-corrected chi connectivity index (χ0v) is 16.7. The number of fused-ring (bicyclic) bond motifs is 1. The molecule has 4 rings (SSSR count). The van der Waals surface area contributed by atoms with Crippen molar-refractivity contribution in [2.45, 2.75) is 18.9 Å². The largest absolute Gasteiger partial charge is 0.461 e. The maximum absolute atomic E-state index is 13.4. The molecule has 0 saturated carbocycles. The lowest BCUT2D eigenvalue weighted by Crippen LogP contribution is -2.44. The molecule has 0 spiro atoms. The van der Waals surface area contributed by atoms with E-state index in [1.165, 1.54) is 18.2 Å². The number of hydrogen-bond donors (Lipinski definition) is 2. The average Bonchev–Trinajstić information content (AvgIpc) is 3.08. The number of nitrogens with one attached hydrogen (secondary N) is 1. The van der Waals surface area contributed by atoms with Crippen LogP contribution in [0.1, 0.15) is 22.8 Å². The Labute approximate surface area is 176 Å². The molecule has 30 heavy (non-hydrogen) atoms. The summed E-state index contributed by atoms with van der Waals surface area (Å²) in [6.45, 7) is 1.66. The molecule has 0 bridgehead atoms. The number of aromatic nitrogens is 1. The second-order valence-electron chi connectivity index (χ2n) is 7.18. The lowest BCUT2D eigenvalue weighted by Gasteiger charge is -2.22. The molecule has 152 valence electrons. The zero-order chi connectivity index (χ0) is 21.5. The SMILES string of the molecule is CC1(C(=O)Nc2ccc(F)c(Cl)c2)Cc2c(-c3ccc(C(N)=O)cc3)ccnc2O1. The van der Waals surface area contributed by atoms with Crippen LogP contribution in [-0.4, -0.2) is 22.4 Å². The van der Waals surface area contributed by atoms with E-state index in [0.717, 1.165) is 16.7 Å². The number of anilines is 1. The van der Waals surface area contributed by atoms with Gasteiger partial charge in [0.05, 0.1) is 5.02 Å². The van der Waals surface area contributed by atoms with Crippen LogP contribution in [0.5, 0.6) is 5.88 Å². The van der Waals surface area contributed by atoms with Crippen molar-refractivity contribution in [3.05, 3.63) is 76.7 Å². The topological polar surface area (TPSA) is 94.3 Å². The minimum absolute atomic E-state index is 0.0862. The molecule has 6 nitrogen and oxygen atoms in total. The van der Waals surface area contributed by atoms with Crippen LogP contribution >= 0.6 is 11.6 Å². The van der Waals surface area contributed by atoms with Crippen LogP contribution < -0.4 is 15.8 Å². The van der Waals surface area contributed by atoms with Gasteiger partial charge in [0.1, 0.15) is 5.82 Å². The summed E-state index contributed by atoms with van der Waals surface area (Å²) in [7, 11) is 0. The Kier molecular flexibility index (Phi) is 4.91. The van der Waals surface area contributed by atoms with Crippen LogP contribution in [-0.2, 0) is 11.2 Å². The van der Waals surface area contributed by atoms with Crippen LogP contribution in [0, 0.1) is 5.82 Å². The van der Waals surface area contributed by atoms with Crippen LogP contribution in [0.3, 0.4) is 0 Å². The number of ether oxygens (including phenoxy) is 1. The molecule has 8 heteroatoms. The normalized spacial score (nSPS) is 17.2. The van der Waals surface area contributed by atoms with Crippen molar-refractivity contribution in [2.24, 2.45) is 5.73 Å². The van der Waals surface area contributed by atoms with E-state index in [1.807, 2.05) is 6.07 Å². The summed E-state index contributed by atoms with van der Waals surface area (Å²) in [5.74, 6) is -1.11. The van der Waals surface area contributed by atoms with Crippen LogP contribution in [0.15, 0.2) is 54.7 Å². The van der Waals surface area contributed by atoms with Gasteiger partial charge >= 0.3 is 0 Å². The number of halogens is 2. The first-order valence-corrected chi connectivity index (χ1v) is 9.48. The minimum Gasteiger partial charge on any atom is -0.461 e. The zero-order valence-electron chi connectivity index (χ0n) is 15.9. The highest BCUT2D eigenvalue weighted by molar-refractivity contribution is 6.31. The van der Waals surface area contributed by atoms with Gasteiger partial charge in [-0.3, -0.25) is 9.59 Å². The van der Waals surface area contributed by atoms with E-state index in [1.54, 1.807) is 37.4 Å². The standard InChI is InChI=1S/C22H17ClFN3O3/c1-22(21(29)27-14-6-7-18(24)17(23)10-14)11-16-15(8-9-26-20(16)30-22)12-2-4-13(5-3-12)19(25)28/h2-10H,11H2,1H3,(H2,25,28)(H,27,29). The Morgan fingerprint density at radius 2 is 1.93 bits per heavy atom. The molecule has 1 aromatic heterocycles. The summed E-state index contributed by atoms with van der Waals surface area (Å²) in [6.07, 6.45) is 1.88. The van der Waals surface area contributed by atoms with Gasteiger partial charge in [0.15, 0.2) is 5.60 Å². The van der Waals surface area contributed by atoms with Gasteiger partial charge in [0, 0.05) is 29.4 Å². The van der Waals surface area contributed by atoms with Crippen molar-refractivity contribution < 1.29 is 18.7 Å². The number of amides is 2. The van der Waals surface area contributed by atoms with Crippen LogP contribution in [0.4, 0.5) is 10.1 Å². The maximum atomic E-state index is 13.4. The molecule has 0 aliphatic carbocycles. The first kappa shape index (κ1) is 19.8. The van der Waals surface area contributed by atoms with Gasteiger partial charge < -0.3 is 15.8 Å². The third kappa shape index (κ3) is 3.59. The molecule has 1 aliphatic rings. The maximum Gasteiger partial charge on any atom is 0.268 e. The Morgan fingerprint density at radius 1 is 1.20 bits per heavy atom. The second kappa shape index (κ2) is 7.42. The number of carbonyl (C=O) groups is 2. The number of pyridine rings is 1. The van der Waals surface area contributed by atoms with E-state index < -0.39 is 23.2 Å². The van der Waals surface area contributed by atoms with E-state index in [4.69, 9.17) is 22.1 Å². The summed E-state index contributed by atoms with van der Waals surface area (Å²) < 4.78 is 19.3. The van der Waals surface area contributed by atoms with Crippen molar-refractivity contribution >= 4 is 29.1 Å². The second-order valence-corrected chi connectivity index (χ2v) is 7.58. The fourth-order valence-corrected chi connectivity index (χ4v) is 3.55. The molecule has 1 unspecified atom stereocenters. The highest BCUT2D eigenvalue weighted by Gasteiger charge is 2.44. The summed E-state index contributed by atoms with van der Waals surface area (Å²) >= 11 is 5.79. The molecule has 3 N–H and O–H groups in total. The Balaban J connectivity index is 1.60. The molecule has 2 heterocycles. The molecule has 0 saturated heterocycles. The molecule has 2 aromatic carbocycles. The van der Waals surface area contributed by atoms with Crippen molar-refractivity contribution in [3.63, 3.8) is 0 Å². The van der Waals surface area contributed by atoms with E-state index in [0.29, 0.717) is 17.1 Å². The number of nitrogens with two attached hydrogens (primary N) is 1. The number of primary amides is 1. The summed E-state index contributed by atoms with van der Waals surface area (Å²) in [5.41, 5.74) is 7.33. The molecule has 1 atom stereocenters. The molecule has 0 radical (unpaired) electrons. The molecular formula is C22H17ClFN3O3. The first-order valence-electron chi connectivity index (χ1n) is 9.10. The Morgan fingerprint density at radius 3 is 2.60 bits per heavy atom. The number of carbonyl (C=O) groups excluding carboxylic acids is 2. The molecule has 3 aromatic rings. The van der Waals surface area contributed by atoms with E-state index in [2.05, 4.69) is 10.3 Å². The lowest BCUT2D eigenvalue weighted by atomic mass is 9.93. The number of benzene rings is 2. The number of nitrogens with zero attached hydrogens (tertiary/aromatic N) is 1. The Bertz CT molecular complexity index is 1170. The Hall–Kier alpha value is -3.45. The van der Waals surface area contributed by atoms with Crippen molar-refractivity contribution in [2.75, 3.05) is 5.32 Å². The van der Waals surface area contributed by atoms with Gasteiger partial charge in [0.2, 0.25) is 11.8 Å². The van der Waals surface area contributed by atoms with E-state index in [9.17, 15) is 14.0 Å². The number of hydrogen-bond acceptors (Lipinski definition) is 4. The summed E-state index contributed by atoms with van der Waals surface area (Å²) in [4.78, 5) is 28.5. The highest BCUT2D eigenvalue weighted by atomic mass is 35.5. The van der Waals surface area contributed by atoms with Crippen molar-refractivity contribution in [1.82, 2.24) is 4.98 Å². The molecule has 1 aliphatic heterocycles. The van der Waals surface area contributed by atoms with Gasteiger partial charge in [-0.15, -0.1) is 0 Å². The van der Waals surface area contributed by atoms with Crippen LogP contribution in [0.2, 0.25) is 5.02 Å². The fourth-order valence-electron chi connectivity index (χ4n) is 3.37. The quantitative estimate of drug-likeness (QED) is 0.661. The minimum atomic E-state index is -1.21. The van der Waals surface area contributed by atoms with Gasteiger partial charge in [-0.1, -0.05) is 23.7 Å². The van der Waals surface area contributed by atoms with Gasteiger partial charge in [-0.25, -0.2) is 9.37 Å². The first-order chi connectivity index (χ1) is 14.3. The summed E-state index contributed by atoms with van der Waals surface area (Å²) in [6, 6.07) is 12.6. The predicted octanol–water partition coefficient (Wildman–Crippen LogP) is 3.97. The molecule has 2 amide bonds. The number of rotatable bonds is 4. The highest BCUT2D eigenvalue weighted by Crippen LogP contribution is 2.40. The lowest BCUT2D eigenvalue weighted by molar-refractivity contribution is -0.128. The third-order valence-electron chi connectivity index (χ3n) is 4.99. The van der Waals surface area contributed by atoms with Crippen LogP contribution in [0.25, 0.3) is 11.1 Å². The average molecular weight is 426 g/mol. The predicted molar refractivity (Wildman–Crippen MR) is 111 cm³/mol. The fraction of sp³-hybridized carbons (Fsp3) is 0.136. The van der Waals surface area contributed by atoms with Crippen molar-refractivity contribution in [1.29, 1.82) is 0 Å². The van der Waals surface area contributed by atoms with Gasteiger partial charge in [-0.05, 0) is 54.4 Å². The smallest absolute Gasteiger partial charge is 0.268 e. The molecular weight excluding hydrogens is 409 g/mol. The molecule has 0 fully saturated rings. The van der Waals surface area contributed by atoms with Gasteiger partial charge in [-0.2, -0.15) is 0 Å². The summed E-state index contributed by atoms with van der Waals surface area (Å²) in [5, 5.41) is 2.63. The monoisotopic (exact) mass is 425 g/mol. The van der Waals surface area contributed by atoms with E-state index in [-0.39, 0.29) is 11.4 Å². The van der Waals surface area contributed by atoms with Crippen molar-refractivity contribution in [3.8, 4) is 17.0 Å².